The van der Waals surface area contributed by atoms with E-state index in [4.69, 9.17) is 9.97 Å². The van der Waals surface area contributed by atoms with Gasteiger partial charge in [-0.25, -0.2) is 9.97 Å². The number of hydrogen-bond acceptors (Lipinski definition) is 5. The second-order valence-electron chi connectivity index (χ2n) is 5.77. The first-order valence-corrected chi connectivity index (χ1v) is 7.48. The standard InChI is InChI=1S/C14H21N5/c1-2-10(1)13-17-12-3-4-16-9-11(12)14(18-13)19-7-5-15-6-8-19/h10,15-16H,1-9H2. The van der Waals surface area contributed by atoms with Crippen LogP contribution < -0.4 is 15.5 Å². The van der Waals surface area contributed by atoms with Gasteiger partial charge < -0.3 is 15.5 Å². The maximum Gasteiger partial charge on any atom is 0.137 e. The van der Waals surface area contributed by atoms with Crippen molar-refractivity contribution in [1.82, 2.24) is 20.6 Å². The van der Waals surface area contributed by atoms with Crippen molar-refractivity contribution in [2.45, 2.75) is 31.7 Å². The highest BCUT2D eigenvalue weighted by molar-refractivity contribution is 5.51. The van der Waals surface area contributed by atoms with Crippen molar-refractivity contribution in [2.75, 3.05) is 37.6 Å². The van der Waals surface area contributed by atoms with Gasteiger partial charge >= 0.3 is 0 Å². The first-order chi connectivity index (χ1) is 9.42. The van der Waals surface area contributed by atoms with Crippen molar-refractivity contribution in [2.24, 2.45) is 0 Å². The monoisotopic (exact) mass is 259 g/mol. The van der Waals surface area contributed by atoms with E-state index in [1.54, 1.807) is 0 Å². The van der Waals surface area contributed by atoms with Gasteiger partial charge in [-0.15, -0.1) is 0 Å². The maximum absolute atomic E-state index is 4.92. The predicted octanol–water partition coefficient (Wildman–Crippen LogP) is 0.409. The van der Waals surface area contributed by atoms with E-state index in [0.717, 1.165) is 51.5 Å². The van der Waals surface area contributed by atoms with Crippen molar-refractivity contribution < 1.29 is 0 Å². The van der Waals surface area contributed by atoms with Gasteiger partial charge in [0.05, 0.1) is 5.69 Å². The van der Waals surface area contributed by atoms with Crippen molar-refractivity contribution in [1.29, 1.82) is 0 Å². The first kappa shape index (κ1) is 11.6. The average Bonchev–Trinajstić information content (AvgIpc) is 3.32. The summed E-state index contributed by atoms with van der Waals surface area (Å²) in [5.74, 6) is 2.96. The number of aromatic nitrogens is 2. The highest BCUT2D eigenvalue weighted by Gasteiger charge is 2.30. The fourth-order valence-electron chi connectivity index (χ4n) is 3.01. The van der Waals surface area contributed by atoms with Crippen molar-refractivity contribution >= 4 is 5.82 Å². The smallest absolute Gasteiger partial charge is 0.137 e. The summed E-state index contributed by atoms with van der Waals surface area (Å²) in [6.45, 7) is 6.23. The fraction of sp³-hybridized carbons (Fsp3) is 0.714. The second-order valence-corrected chi connectivity index (χ2v) is 5.77. The third-order valence-electron chi connectivity index (χ3n) is 4.29. The van der Waals surface area contributed by atoms with Gasteiger partial charge in [0.1, 0.15) is 11.6 Å². The van der Waals surface area contributed by atoms with Gasteiger partial charge in [-0.05, 0) is 12.8 Å². The predicted molar refractivity (Wildman–Crippen MR) is 74.5 cm³/mol. The Labute approximate surface area is 113 Å². The molecular formula is C14H21N5. The van der Waals surface area contributed by atoms with Crippen LogP contribution in [0.15, 0.2) is 0 Å². The van der Waals surface area contributed by atoms with Crippen molar-refractivity contribution in [3.63, 3.8) is 0 Å². The molecule has 1 saturated carbocycles. The Balaban J connectivity index is 1.75. The third-order valence-corrected chi connectivity index (χ3v) is 4.29. The van der Waals surface area contributed by atoms with Gasteiger partial charge in [-0.1, -0.05) is 0 Å². The number of nitrogens with zero attached hydrogens (tertiary/aromatic N) is 3. The van der Waals surface area contributed by atoms with E-state index in [9.17, 15) is 0 Å². The number of anilines is 1. The van der Waals surface area contributed by atoms with Crippen LogP contribution in [0.5, 0.6) is 0 Å². The van der Waals surface area contributed by atoms with Crippen molar-refractivity contribution in [3.8, 4) is 0 Å². The van der Waals surface area contributed by atoms with E-state index in [-0.39, 0.29) is 0 Å². The molecule has 0 atom stereocenters. The SMILES string of the molecule is C1CN(c2nc(C3CC3)nc3c2CNCC3)CCN1. The zero-order valence-corrected chi connectivity index (χ0v) is 11.3. The van der Waals surface area contributed by atoms with Crippen molar-refractivity contribution in [3.05, 3.63) is 17.1 Å². The summed E-state index contributed by atoms with van der Waals surface area (Å²) in [6.07, 6.45) is 3.60. The number of rotatable bonds is 2. The van der Waals surface area contributed by atoms with Crippen LogP contribution >= 0.6 is 0 Å². The van der Waals surface area contributed by atoms with Crippen LogP contribution in [0.25, 0.3) is 0 Å². The van der Waals surface area contributed by atoms with E-state index in [2.05, 4.69) is 15.5 Å². The third kappa shape index (κ3) is 2.21. The molecule has 0 unspecified atom stereocenters. The molecule has 1 saturated heterocycles. The summed E-state index contributed by atoms with van der Waals surface area (Å²) in [5, 5.41) is 6.88. The highest BCUT2D eigenvalue weighted by Crippen LogP contribution is 2.39. The molecule has 0 aromatic carbocycles. The number of piperazine rings is 1. The van der Waals surface area contributed by atoms with Gasteiger partial charge in [0.15, 0.2) is 0 Å². The number of hydrogen-bond donors (Lipinski definition) is 2. The molecule has 2 fully saturated rings. The van der Waals surface area contributed by atoms with Gasteiger partial charge in [0.25, 0.3) is 0 Å². The highest BCUT2D eigenvalue weighted by atomic mass is 15.2. The number of fused-ring (bicyclic) bond motifs is 1. The number of nitrogens with one attached hydrogen (secondary N) is 2. The van der Waals surface area contributed by atoms with Gasteiger partial charge in [-0.2, -0.15) is 0 Å². The molecule has 2 N–H and O–H groups in total. The summed E-state index contributed by atoms with van der Waals surface area (Å²) < 4.78 is 0. The minimum Gasteiger partial charge on any atom is -0.354 e. The molecule has 0 bridgehead atoms. The molecular weight excluding hydrogens is 238 g/mol. The van der Waals surface area contributed by atoms with Gasteiger partial charge in [0.2, 0.25) is 0 Å². The second kappa shape index (κ2) is 4.72. The molecule has 0 spiro atoms. The minimum absolute atomic E-state index is 0.641. The Morgan fingerprint density at radius 2 is 1.84 bits per heavy atom. The Kier molecular flexibility index (Phi) is 2.89. The van der Waals surface area contributed by atoms with Crippen LogP contribution in [0.4, 0.5) is 5.82 Å². The van der Waals surface area contributed by atoms with Crippen LogP contribution in [0.3, 0.4) is 0 Å². The minimum atomic E-state index is 0.641. The quantitative estimate of drug-likeness (QED) is 0.805. The van der Waals surface area contributed by atoms with Gasteiger partial charge in [-0.3, -0.25) is 0 Å². The largest absolute Gasteiger partial charge is 0.354 e. The summed E-state index contributed by atoms with van der Waals surface area (Å²) in [4.78, 5) is 12.2. The molecule has 5 nitrogen and oxygen atoms in total. The Morgan fingerprint density at radius 3 is 2.63 bits per heavy atom. The fourth-order valence-corrected chi connectivity index (χ4v) is 3.01. The van der Waals surface area contributed by atoms with E-state index in [0.29, 0.717) is 5.92 Å². The normalized spacial score (nSPS) is 23.3. The van der Waals surface area contributed by atoms with E-state index in [1.165, 1.54) is 29.9 Å². The molecule has 102 valence electrons. The van der Waals surface area contributed by atoms with Crippen LogP contribution in [-0.4, -0.2) is 42.7 Å². The lowest BCUT2D eigenvalue weighted by Crippen LogP contribution is -2.45. The van der Waals surface area contributed by atoms with Crippen LogP contribution in [0.1, 0.15) is 35.8 Å². The summed E-state index contributed by atoms with van der Waals surface area (Å²) in [5.41, 5.74) is 2.64. The zero-order valence-electron chi connectivity index (χ0n) is 11.3. The topological polar surface area (TPSA) is 53.1 Å². The zero-order chi connectivity index (χ0) is 12.7. The molecule has 3 aliphatic rings. The molecule has 19 heavy (non-hydrogen) atoms. The van der Waals surface area contributed by atoms with E-state index < -0.39 is 0 Å². The average molecular weight is 259 g/mol. The lowest BCUT2D eigenvalue weighted by Gasteiger charge is -2.32. The molecule has 4 rings (SSSR count). The van der Waals surface area contributed by atoms with Gasteiger partial charge in [0, 0.05) is 57.2 Å². The molecule has 1 aromatic heterocycles. The lowest BCUT2D eigenvalue weighted by molar-refractivity contribution is 0.568. The molecule has 1 aromatic rings. The van der Waals surface area contributed by atoms with E-state index in [1.807, 2.05) is 0 Å². The van der Waals surface area contributed by atoms with E-state index >= 15 is 0 Å². The molecule has 0 amide bonds. The summed E-state index contributed by atoms with van der Waals surface area (Å²) in [6, 6.07) is 0. The molecule has 2 aliphatic heterocycles. The molecule has 0 radical (unpaired) electrons. The molecule has 3 heterocycles. The molecule has 1 aliphatic carbocycles. The van der Waals surface area contributed by atoms with Crippen LogP contribution in [-0.2, 0) is 13.0 Å². The maximum atomic E-state index is 4.92. The van der Waals surface area contributed by atoms with Crippen LogP contribution in [0.2, 0.25) is 0 Å². The van der Waals surface area contributed by atoms with Crippen LogP contribution in [0, 0.1) is 0 Å². The lowest BCUT2D eigenvalue weighted by atomic mass is 10.1. The Hall–Kier alpha value is -1.20. The Bertz CT molecular complexity index is 477. The first-order valence-electron chi connectivity index (χ1n) is 7.48. The summed E-state index contributed by atoms with van der Waals surface area (Å²) >= 11 is 0. The summed E-state index contributed by atoms with van der Waals surface area (Å²) in [7, 11) is 0. The Morgan fingerprint density at radius 1 is 1.00 bits per heavy atom. The molecule has 5 heteroatoms.